The molecule has 0 saturated heterocycles. The van der Waals surface area contributed by atoms with E-state index in [0.717, 1.165) is 5.01 Å². The van der Waals surface area contributed by atoms with Gasteiger partial charge in [0.15, 0.2) is 0 Å². The quantitative estimate of drug-likeness (QED) is 0.851. The molecule has 1 aromatic heterocycles. The lowest BCUT2D eigenvalue weighted by molar-refractivity contribution is 0.0950. The van der Waals surface area contributed by atoms with Gasteiger partial charge in [-0.05, 0) is 18.2 Å². The molecule has 0 saturated carbocycles. The lowest BCUT2D eigenvalue weighted by Gasteiger charge is -2.03. The fourth-order valence-electron chi connectivity index (χ4n) is 1.25. The number of thiazole rings is 1. The zero-order chi connectivity index (χ0) is 11.4. The van der Waals surface area contributed by atoms with Crippen molar-refractivity contribution in [3.05, 3.63) is 46.4 Å². The molecule has 5 heteroatoms. The van der Waals surface area contributed by atoms with Crippen LogP contribution >= 0.6 is 11.3 Å². The molecule has 16 heavy (non-hydrogen) atoms. The van der Waals surface area contributed by atoms with Crippen LogP contribution < -0.4 is 5.32 Å². The standard InChI is InChI=1S/C11H10N2O2S/c14-9-3-1-2-8(6-9)11(15)13-7-10-12-4-5-16-10/h1-6,14H,7H2,(H,13,15). The van der Waals surface area contributed by atoms with Crippen LogP contribution in [0.3, 0.4) is 0 Å². The zero-order valence-corrected chi connectivity index (χ0v) is 9.20. The van der Waals surface area contributed by atoms with Crippen LogP contribution in [0.15, 0.2) is 35.8 Å². The molecule has 0 aliphatic carbocycles. The number of nitrogens with zero attached hydrogens (tertiary/aromatic N) is 1. The van der Waals surface area contributed by atoms with Gasteiger partial charge in [-0.2, -0.15) is 0 Å². The molecule has 4 nitrogen and oxygen atoms in total. The highest BCUT2D eigenvalue weighted by Crippen LogP contribution is 2.11. The summed E-state index contributed by atoms with van der Waals surface area (Å²) in [5, 5.41) is 14.7. The minimum Gasteiger partial charge on any atom is -0.508 e. The molecule has 0 unspecified atom stereocenters. The largest absolute Gasteiger partial charge is 0.508 e. The lowest BCUT2D eigenvalue weighted by atomic mass is 10.2. The summed E-state index contributed by atoms with van der Waals surface area (Å²) in [7, 11) is 0. The first kappa shape index (κ1) is 10.6. The highest BCUT2D eigenvalue weighted by molar-refractivity contribution is 7.09. The number of nitrogens with one attached hydrogen (secondary N) is 1. The van der Waals surface area contributed by atoms with Gasteiger partial charge in [0.05, 0.1) is 6.54 Å². The maximum absolute atomic E-state index is 11.6. The van der Waals surface area contributed by atoms with E-state index < -0.39 is 0 Å². The molecule has 0 bridgehead atoms. The van der Waals surface area contributed by atoms with Gasteiger partial charge < -0.3 is 10.4 Å². The highest BCUT2D eigenvalue weighted by atomic mass is 32.1. The number of hydrogen-bond donors (Lipinski definition) is 2. The first-order valence-electron chi connectivity index (χ1n) is 4.71. The summed E-state index contributed by atoms with van der Waals surface area (Å²) in [6.07, 6.45) is 1.69. The molecule has 2 N–H and O–H groups in total. The van der Waals surface area contributed by atoms with Crippen molar-refractivity contribution < 1.29 is 9.90 Å². The van der Waals surface area contributed by atoms with Crippen molar-refractivity contribution in [1.82, 2.24) is 10.3 Å². The van der Waals surface area contributed by atoms with Crippen LogP contribution in [0.4, 0.5) is 0 Å². The molecule has 2 rings (SSSR count). The summed E-state index contributed by atoms with van der Waals surface area (Å²) in [5.41, 5.74) is 0.441. The number of carbonyl (C=O) groups excluding carboxylic acids is 1. The van der Waals surface area contributed by atoms with E-state index >= 15 is 0 Å². The summed E-state index contributed by atoms with van der Waals surface area (Å²) in [5.74, 6) is -0.131. The maximum Gasteiger partial charge on any atom is 0.251 e. The lowest BCUT2D eigenvalue weighted by Crippen LogP contribution is -2.22. The number of benzene rings is 1. The SMILES string of the molecule is O=C(NCc1nccs1)c1cccc(O)c1. The Morgan fingerprint density at radius 3 is 3.06 bits per heavy atom. The summed E-state index contributed by atoms with van der Waals surface area (Å²) < 4.78 is 0. The van der Waals surface area contributed by atoms with Gasteiger partial charge in [-0.3, -0.25) is 4.79 Å². The van der Waals surface area contributed by atoms with Gasteiger partial charge in [0, 0.05) is 17.1 Å². The first-order chi connectivity index (χ1) is 7.75. The van der Waals surface area contributed by atoms with Crippen LogP contribution in [0, 0.1) is 0 Å². The topological polar surface area (TPSA) is 62.2 Å². The van der Waals surface area contributed by atoms with Gasteiger partial charge in [0.1, 0.15) is 10.8 Å². The summed E-state index contributed by atoms with van der Waals surface area (Å²) in [6, 6.07) is 6.24. The molecule has 0 aliphatic rings. The van der Waals surface area contributed by atoms with Crippen molar-refractivity contribution in [3.63, 3.8) is 0 Å². The van der Waals surface area contributed by atoms with Gasteiger partial charge in [-0.15, -0.1) is 11.3 Å². The molecule has 2 aromatic rings. The van der Waals surface area contributed by atoms with Gasteiger partial charge in [0.25, 0.3) is 5.91 Å². The second-order valence-corrected chi connectivity index (χ2v) is 4.14. The van der Waals surface area contributed by atoms with Gasteiger partial charge in [-0.25, -0.2) is 4.98 Å². The van der Waals surface area contributed by atoms with E-state index in [0.29, 0.717) is 12.1 Å². The minimum atomic E-state index is -0.217. The van der Waals surface area contributed by atoms with E-state index in [-0.39, 0.29) is 11.7 Å². The van der Waals surface area contributed by atoms with Crippen molar-refractivity contribution in [2.45, 2.75) is 6.54 Å². The van der Waals surface area contributed by atoms with E-state index in [1.165, 1.54) is 23.5 Å². The second kappa shape index (κ2) is 4.76. The van der Waals surface area contributed by atoms with Crippen molar-refractivity contribution in [2.24, 2.45) is 0 Å². The molecule has 0 aliphatic heterocycles. The van der Waals surface area contributed by atoms with Crippen LogP contribution in [0.25, 0.3) is 0 Å². The minimum absolute atomic E-state index is 0.0851. The van der Waals surface area contributed by atoms with Gasteiger partial charge in [0.2, 0.25) is 0 Å². The fourth-order valence-corrected chi connectivity index (χ4v) is 1.80. The van der Waals surface area contributed by atoms with Gasteiger partial charge >= 0.3 is 0 Å². The Morgan fingerprint density at radius 2 is 2.38 bits per heavy atom. The number of phenols is 1. The van der Waals surface area contributed by atoms with Crippen LogP contribution in [-0.4, -0.2) is 16.0 Å². The molecule has 1 heterocycles. The Bertz CT molecular complexity index is 482. The van der Waals surface area contributed by atoms with Crippen LogP contribution in [0.2, 0.25) is 0 Å². The van der Waals surface area contributed by atoms with E-state index in [4.69, 9.17) is 0 Å². The molecule has 0 atom stereocenters. The van der Waals surface area contributed by atoms with E-state index in [1.807, 2.05) is 5.38 Å². The second-order valence-electron chi connectivity index (χ2n) is 3.16. The third-order valence-electron chi connectivity index (χ3n) is 1.99. The maximum atomic E-state index is 11.6. The van der Waals surface area contributed by atoms with E-state index in [9.17, 15) is 9.90 Å². The Balaban J connectivity index is 1.98. The Morgan fingerprint density at radius 1 is 1.50 bits per heavy atom. The molecule has 0 fully saturated rings. The molecular weight excluding hydrogens is 224 g/mol. The third-order valence-corrected chi connectivity index (χ3v) is 2.77. The predicted octanol–water partition coefficient (Wildman–Crippen LogP) is 1.78. The van der Waals surface area contributed by atoms with Crippen LogP contribution in [-0.2, 0) is 6.54 Å². The Labute approximate surface area is 96.6 Å². The van der Waals surface area contributed by atoms with E-state index in [1.54, 1.807) is 18.3 Å². The van der Waals surface area contributed by atoms with Crippen LogP contribution in [0.5, 0.6) is 5.75 Å². The average molecular weight is 234 g/mol. The first-order valence-corrected chi connectivity index (χ1v) is 5.59. The molecular formula is C11H10N2O2S. The van der Waals surface area contributed by atoms with Crippen LogP contribution in [0.1, 0.15) is 15.4 Å². The van der Waals surface area contributed by atoms with Crippen molar-refractivity contribution in [2.75, 3.05) is 0 Å². The molecule has 0 radical (unpaired) electrons. The number of hydrogen-bond acceptors (Lipinski definition) is 4. The monoisotopic (exact) mass is 234 g/mol. The van der Waals surface area contributed by atoms with Gasteiger partial charge in [-0.1, -0.05) is 6.07 Å². The smallest absolute Gasteiger partial charge is 0.251 e. The number of phenolic OH excluding ortho intramolecular Hbond substituents is 1. The molecule has 1 amide bonds. The Hall–Kier alpha value is -1.88. The van der Waals surface area contributed by atoms with Crippen molar-refractivity contribution in [1.29, 1.82) is 0 Å². The number of carbonyl (C=O) groups is 1. The summed E-state index contributed by atoms with van der Waals surface area (Å²) in [4.78, 5) is 15.7. The predicted molar refractivity (Wildman–Crippen MR) is 61.4 cm³/mol. The highest BCUT2D eigenvalue weighted by Gasteiger charge is 2.06. The molecule has 1 aromatic carbocycles. The summed E-state index contributed by atoms with van der Waals surface area (Å²) >= 11 is 1.49. The number of amides is 1. The Kier molecular flexibility index (Phi) is 3.16. The van der Waals surface area contributed by atoms with E-state index in [2.05, 4.69) is 10.3 Å². The van der Waals surface area contributed by atoms with Crippen molar-refractivity contribution >= 4 is 17.2 Å². The average Bonchev–Trinajstić information content (AvgIpc) is 2.78. The van der Waals surface area contributed by atoms with Crippen molar-refractivity contribution in [3.8, 4) is 5.75 Å². The summed E-state index contributed by atoms with van der Waals surface area (Å²) in [6.45, 7) is 0.409. The number of rotatable bonds is 3. The normalized spacial score (nSPS) is 10.0. The molecule has 82 valence electrons. The molecule has 0 spiro atoms. The zero-order valence-electron chi connectivity index (χ0n) is 8.38. The number of aromatic hydroxyl groups is 1. The fraction of sp³-hybridized carbons (Fsp3) is 0.0909. The third kappa shape index (κ3) is 2.58. The number of aromatic nitrogens is 1.